The van der Waals surface area contributed by atoms with Gasteiger partial charge in [0.15, 0.2) is 5.96 Å². The van der Waals surface area contributed by atoms with Crippen molar-refractivity contribution < 1.29 is 19.1 Å². The molecule has 2 N–H and O–H groups in total. The number of ether oxygens (including phenoxy) is 2. The second kappa shape index (κ2) is 11.2. The molecule has 0 spiro atoms. The smallest absolute Gasteiger partial charge is 0.325 e. The van der Waals surface area contributed by atoms with E-state index in [4.69, 9.17) is 15.2 Å². The van der Waals surface area contributed by atoms with Gasteiger partial charge in [0.1, 0.15) is 12.3 Å². The molecule has 1 saturated carbocycles. The molecule has 0 bridgehead atoms. The Balaban J connectivity index is 1.47. The second-order valence-corrected chi connectivity index (χ2v) is 8.90. The third kappa shape index (κ3) is 6.61. The molecule has 1 fully saturated rings. The number of nitrogens with zero attached hydrogens (tertiary/aromatic N) is 3. The van der Waals surface area contributed by atoms with Gasteiger partial charge in [-0.25, -0.2) is 4.99 Å². The average molecular weight is 445 g/mol. The molecule has 0 saturated heterocycles. The highest BCUT2D eigenvalue weighted by Gasteiger charge is 2.23. The van der Waals surface area contributed by atoms with E-state index in [1.807, 2.05) is 44.0 Å². The summed E-state index contributed by atoms with van der Waals surface area (Å²) in [5.41, 5.74) is 7.72. The third-order valence-corrected chi connectivity index (χ3v) is 5.98. The van der Waals surface area contributed by atoms with Crippen molar-refractivity contribution in [2.75, 3.05) is 20.2 Å². The number of aliphatic imine (C=N–C) groups is 1. The molecular weight excluding hydrogens is 408 g/mol. The van der Waals surface area contributed by atoms with Gasteiger partial charge in [-0.3, -0.25) is 9.59 Å². The first kappa shape index (κ1) is 23.9. The SMILES string of the molecule is CC(C)OC(=O)CN1Cc2cc(OCCCC(=O)N(C)C3CCCCC3)ccc2N=C1N. The van der Waals surface area contributed by atoms with E-state index in [1.165, 1.54) is 19.3 Å². The molecule has 8 nitrogen and oxygen atoms in total. The Morgan fingerprint density at radius 3 is 2.72 bits per heavy atom. The number of hydrogen-bond acceptors (Lipinski definition) is 7. The van der Waals surface area contributed by atoms with Crippen LogP contribution in [0.25, 0.3) is 0 Å². The van der Waals surface area contributed by atoms with Crippen LogP contribution in [-0.2, 0) is 20.9 Å². The predicted molar refractivity (Wildman–Crippen MR) is 124 cm³/mol. The van der Waals surface area contributed by atoms with Gasteiger partial charge in [0, 0.05) is 31.6 Å². The van der Waals surface area contributed by atoms with Gasteiger partial charge in [-0.05, 0) is 51.3 Å². The molecule has 0 unspecified atom stereocenters. The Morgan fingerprint density at radius 2 is 2.00 bits per heavy atom. The highest BCUT2D eigenvalue weighted by Crippen LogP contribution is 2.29. The molecule has 32 heavy (non-hydrogen) atoms. The van der Waals surface area contributed by atoms with Crippen LogP contribution >= 0.6 is 0 Å². The molecule has 1 aromatic rings. The van der Waals surface area contributed by atoms with Crippen LogP contribution in [0.5, 0.6) is 5.75 Å². The van der Waals surface area contributed by atoms with Gasteiger partial charge >= 0.3 is 5.97 Å². The molecule has 1 aliphatic heterocycles. The molecule has 0 aromatic heterocycles. The number of amides is 1. The normalized spacial score (nSPS) is 16.4. The van der Waals surface area contributed by atoms with Gasteiger partial charge in [-0.1, -0.05) is 19.3 Å². The van der Waals surface area contributed by atoms with Crippen LogP contribution in [0, 0.1) is 0 Å². The molecule has 1 aliphatic carbocycles. The van der Waals surface area contributed by atoms with Crippen molar-refractivity contribution in [3.8, 4) is 5.75 Å². The molecule has 1 aromatic carbocycles. The zero-order chi connectivity index (χ0) is 23.1. The number of benzene rings is 1. The summed E-state index contributed by atoms with van der Waals surface area (Å²) in [5.74, 6) is 0.876. The van der Waals surface area contributed by atoms with E-state index >= 15 is 0 Å². The fraction of sp³-hybridized carbons (Fsp3) is 0.625. The molecule has 1 heterocycles. The molecule has 3 rings (SSSR count). The van der Waals surface area contributed by atoms with Crippen LogP contribution < -0.4 is 10.5 Å². The topological polar surface area (TPSA) is 97.5 Å². The molecule has 0 radical (unpaired) electrons. The minimum Gasteiger partial charge on any atom is -0.494 e. The predicted octanol–water partition coefficient (Wildman–Crippen LogP) is 3.35. The zero-order valence-electron chi connectivity index (χ0n) is 19.5. The number of nitrogens with two attached hydrogens (primary N) is 1. The summed E-state index contributed by atoms with van der Waals surface area (Å²) in [4.78, 5) is 32.5. The number of rotatable bonds is 9. The summed E-state index contributed by atoms with van der Waals surface area (Å²) in [6.45, 7) is 4.60. The number of guanidine groups is 1. The summed E-state index contributed by atoms with van der Waals surface area (Å²) in [6, 6.07) is 6.03. The Kier molecular flexibility index (Phi) is 8.36. The largest absolute Gasteiger partial charge is 0.494 e. The lowest BCUT2D eigenvalue weighted by atomic mass is 9.94. The monoisotopic (exact) mass is 444 g/mol. The van der Waals surface area contributed by atoms with Crippen molar-refractivity contribution in [2.24, 2.45) is 10.7 Å². The van der Waals surface area contributed by atoms with Crippen molar-refractivity contribution in [3.63, 3.8) is 0 Å². The Morgan fingerprint density at radius 1 is 1.25 bits per heavy atom. The lowest BCUT2D eigenvalue weighted by Gasteiger charge is -2.31. The first-order chi connectivity index (χ1) is 15.3. The van der Waals surface area contributed by atoms with Gasteiger partial charge in [0.05, 0.1) is 18.4 Å². The maximum atomic E-state index is 12.5. The summed E-state index contributed by atoms with van der Waals surface area (Å²) < 4.78 is 11.1. The number of carbonyl (C=O) groups is 2. The van der Waals surface area contributed by atoms with Crippen LogP contribution in [0.3, 0.4) is 0 Å². The maximum Gasteiger partial charge on any atom is 0.325 e. The highest BCUT2D eigenvalue weighted by atomic mass is 16.5. The lowest BCUT2D eigenvalue weighted by Crippen LogP contribution is -2.42. The molecular formula is C24H36N4O4. The van der Waals surface area contributed by atoms with Gasteiger partial charge in [-0.15, -0.1) is 0 Å². The van der Waals surface area contributed by atoms with E-state index in [0.29, 0.717) is 38.0 Å². The minimum atomic E-state index is -0.336. The van der Waals surface area contributed by atoms with Crippen molar-refractivity contribution in [1.82, 2.24) is 9.80 Å². The van der Waals surface area contributed by atoms with Gasteiger partial charge in [-0.2, -0.15) is 0 Å². The minimum absolute atomic E-state index is 0.0503. The lowest BCUT2D eigenvalue weighted by molar-refractivity contribution is -0.147. The van der Waals surface area contributed by atoms with Crippen molar-refractivity contribution in [1.29, 1.82) is 0 Å². The molecule has 176 valence electrons. The summed E-state index contributed by atoms with van der Waals surface area (Å²) in [6.07, 6.45) is 6.94. The van der Waals surface area contributed by atoms with Gasteiger partial charge < -0.3 is 25.0 Å². The van der Waals surface area contributed by atoms with E-state index in [0.717, 1.165) is 29.8 Å². The first-order valence-corrected chi connectivity index (χ1v) is 11.6. The van der Waals surface area contributed by atoms with Crippen molar-refractivity contribution in [2.45, 2.75) is 77.5 Å². The van der Waals surface area contributed by atoms with Crippen LogP contribution in [0.2, 0.25) is 0 Å². The fourth-order valence-corrected chi connectivity index (χ4v) is 4.22. The van der Waals surface area contributed by atoms with Crippen LogP contribution in [0.15, 0.2) is 23.2 Å². The average Bonchev–Trinajstić information content (AvgIpc) is 2.76. The molecule has 1 amide bonds. The fourth-order valence-electron chi connectivity index (χ4n) is 4.22. The van der Waals surface area contributed by atoms with Crippen LogP contribution in [0.4, 0.5) is 5.69 Å². The Labute approximate surface area is 190 Å². The summed E-state index contributed by atoms with van der Waals surface area (Å²) in [5, 5.41) is 0. The first-order valence-electron chi connectivity index (χ1n) is 11.6. The van der Waals surface area contributed by atoms with E-state index in [1.54, 1.807) is 4.90 Å². The van der Waals surface area contributed by atoms with E-state index < -0.39 is 0 Å². The van der Waals surface area contributed by atoms with Crippen LogP contribution in [-0.4, -0.2) is 60.0 Å². The van der Waals surface area contributed by atoms with Gasteiger partial charge in [0.2, 0.25) is 5.91 Å². The van der Waals surface area contributed by atoms with E-state index in [2.05, 4.69) is 4.99 Å². The second-order valence-electron chi connectivity index (χ2n) is 8.90. The Bertz CT molecular complexity index is 833. The third-order valence-electron chi connectivity index (χ3n) is 5.98. The number of hydrogen-bond donors (Lipinski definition) is 1. The van der Waals surface area contributed by atoms with E-state index in [-0.39, 0.29) is 24.5 Å². The van der Waals surface area contributed by atoms with E-state index in [9.17, 15) is 9.59 Å². The molecule has 0 atom stereocenters. The zero-order valence-corrected chi connectivity index (χ0v) is 19.5. The summed E-state index contributed by atoms with van der Waals surface area (Å²) in [7, 11) is 1.93. The van der Waals surface area contributed by atoms with Crippen LogP contribution in [0.1, 0.15) is 64.4 Å². The van der Waals surface area contributed by atoms with Crippen molar-refractivity contribution >= 4 is 23.5 Å². The molecule has 2 aliphatic rings. The van der Waals surface area contributed by atoms with Gasteiger partial charge in [0.25, 0.3) is 0 Å². The molecule has 8 heteroatoms. The highest BCUT2D eigenvalue weighted by molar-refractivity contribution is 5.87. The number of carbonyl (C=O) groups excluding carboxylic acids is 2. The van der Waals surface area contributed by atoms with Crippen molar-refractivity contribution in [3.05, 3.63) is 23.8 Å². The maximum absolute atomic E-state index is 12.5. The standard InChI is InChI=1S/C24H36N4O4/c1-17(2)32-23(30)16-28-15-18-14-20(11-12-21(18)26-24(28)25)31-13-7-10-22(29)27(3)19-8-5-4-6-9-19/h11-12,14,17,19H,4-10,13,15-16H2,1-3H3,(H2,25,26). The number of esters is 1. The number of fused-ring (bicyclic) bond motifs is 1. The summed E-state index contributed by atoms with van der Waals surface area (Å²) >= 11 is 0. The Hall–Kier alpha value is -2.77. The quantitative estimate of drug-likeness (QED) is 0.463.